The van der Waals surface area contributed by atoms with E-state index >= 15 is 0 Å². The number of hydrogen-bond acceptors (Lipinski definition) is 5. The zero-order chi connectivity index (χ0) is 28.7. The second-order valence-electron chi connectivity index (χ2n) is 10.3. The Balaban J connectivity index is 1.36. The SMILES string of the molecule is Cc1c(NC(=O)N(C)c2ccc(F)cc2)cccc1-c1cnc(C(N)=O)c2c1-c1ccc(OC3CCOC3)cc1C2. The summed E-state index contributed by atoms with van der Waals surface area (Å²) in [5.41, 5.74) is 13.4. The highest BCUT2D eigenvalue weighted by Crippen LogP contribution is 2.46. The number of hydrogen-bond donors (Lipinski definition) is 2. The third-order valence-electron chi connectivity index (χ3n) is 7.70. The summed E-state index contributed by atoms with van der Waals surface area (Å²) in [6.07, 6.45) is 3.05. The fourth-order valence-electron chi connectivity index (χ4n) is 5.51. The molecule has 0 saturated carbocycles. The molecular formula is C32H29FN4O4. The molecule has 0 spiro atoms. The maximum atomic E-state index is 13.4. The lowest BCUT2D eigenvalue weighted by molar-refractivity contribution is 0.0995. The topological polar surface area (TPSA) is 107 Å². The Bertz CT molecular complexity index is 1670. The van der Waals surface area contributed by atoms with Crippen molar-refractivity contribution in [3.63, 3.8) is 0 Å². The van der Waals surface area contributed by atoms with E-state index in [9.17, 15) is 14.0 Å². The van der Waals surface area contributed by atoms with E-state index < -0.39 is 5.91 Å². The van der Waals surface area contributed by atoms with Crippen LogP contribution in [0.15, 0.2) is 66.9 Å². The van der Waals surface area contributed by atoms with Gasteiger partial charge in [0, 0.05) is 43.0 Å². The number of rotatable bonds is 6. The van der Waals surface area contributed by atoms with Crippen LogP contribution in [0.25, 0.3) is 22.3 Å². The number of nitrogens with two attached hydrogens (primary N) is 1. The molecule has 0 bridgehead atoms. The van der Waals surface area contributed by atoms with Crippen molar-refractivity contribution < 1.29 is 23.5 Å². The number of halogens is 1. The number of carbonyl (C=O) groups excluding carboxylic acids is 2. The van der Waals surface area contributed by atoms with Gasteiger partial charge >= 0.3 is 6.03 Å². The lowest BCUT2D eigenvalue weighted by atomic mass is 9.92. The van der Waals surface area contributed by atoms with E-state index in [0.717, 1.165) is 51.1 Å². The third-order valence-corrected chi connectivity index (χ3v) is 7.70. The van der Waals surface area contributed by atoms with Crippen molar-refractivity contribution in [2.45, 2.75) is 25.9 Å². The van der Waals surface area contributed by atoms with Crippen molar-refractivity contribution in [3.05, 3.63) is 95.1 Å². The number of amides is 3. The van der Waals surface area contributed by atoms with Crippen LogP contribution in [0.5, 0.6) is 5.75 Å². The molecule has 6 rings (SSSR count). The molecule has 3 N–H and O–H groups in total. The summed E-state index contributed by atoms with van der Waals surface area (Å²) in [4.78, 5) is 31.3. The van der Waals surface area contributed by atoms with Gasteiger partial charge in [0.2, 0.25) is 0 Å². The number of aromatic nitrogens is 1. The van der Waals surface area contributed by atoms with Crippen LogP contribution in [-0.4, -0.2) is 43.3 Å². The van der Waals surface area contributed by atoms with Crippen LogP contribution in [0, 0.1) is 12.7 Å². The van der Waals surface area contributed by atoms with Crippen molar-refractivity contribution in [1.29, 1.82) is 0 Å². The highest BCUT2D eigenvalue weighted by Gasteiger charge is 2.29. The number of benzene rings is 3. The standard InChI is InChI=1S/C32H29FN4O4/c1-18-24(4-3-5-28(18)36-32(39)37(2)21-8-6-20(33)7-9-21)27-16-35-30(31(34)38)26-15-19-14-22(10-11-25(19)29(26)27)41-23-12-13-40-17-23/h3-11,14,16,23H,12-13,15,17H2,1-2H3,(H2,34,38)(H,36,39). The molecule has 0 radical (unpaired) electrons. The molecule has 1 aromatic heterocycles. The molecule has 9 heteroatoms. The highest BCUT2D eigenvalue weighted by atomic mass is 19.1. The molecule has 208 valence electrons. The number of nitrogens with one attached hydrogen (secondary N) is 1. The number of pyridine rings is 1. The molecule has 4 aromatic rings. The van der Waals surface area contributed by atoms with Crippen LogP contribution in [0.3, 0.4) is 0 Å². The van der Waals surface area contributed by atoms with Gasteiger partial charge in [0.1, 0.15) is 23.4 Å². The molecule has 1 unspecified atom stereocenters. The smallest absolute Gasteiger partial charge is 0.326 e. The Hall–Kier alpha value is -4.76. The van der Waals surface area contributed by atoms with E-state index in [0.29, 0.717) is 31.0 Å². The molecule has 41 heavy (non-hydrogen) atoms. The van der Waals surface area contributed by atoms with Gasteiger partial charge in [0.05, 0.1) is 13.2 Å². The maximum absolute atomic E-state index is 13.4. The number of fused-ring (bicyclic) bond motifs is 3. The van der Waals surface area contributed by atoms with Crippen LogP contribution in [-0.2, 0) is 11.2 Å². The zero-order valence-electron chi connectivity index (χ0n) is 22.7. The Labute approximate surface area is 236 Å². The van der Waals surface area contributed by atoms with E-state index in [4.69, 9.17) is 15.2 Å². The molecule has 1 aliphatic heterocycles. The fraction of sp³-hybridized carbons (Fsp3) is 0.219. The quantitative estimate of drug-likeness (QED) is 0.281. The zero-order valence-corrected chi connectivity index (χ0v) is 22.7. The molecule has 8 nitrogen and oxygen atoms in total. The lowest BCUT2D eigenvalue weighted by Crippen LogP contribution is -2.31. The predicted molar refractivity (Wildman–Crippen MR) is 155 cm³/mol. The molecule has 1 saturated heterocycles. The molecule has 1 fully saturated rings. The summed E-state index contributed by atoms with van der Waals surface area (Å²) in [7, 11) is 1.62. The van der Waals surface area contributed by atoms with E-state index in [1.54, 1.807) is 25.4 Å². The van der Waals surface area contributed by atoms with Gasteiger partial charge in [-0.1, -0.05) is 18.2 Å². The summed E-state index contributed by atoms with van der Waals surface area (Å²) >= 11 is 0. The number of ether oxygens (including phenoxy) is 2. The van der Waals surface area contributed by atoms with Gasteiger partial charge in [-0.3, -0.25) is 14.7 Å². The van der Waals surface area contributed by atoms with Crippen LogP contribution in [0.2, 0.25) is 0 Å². The van der Waals surface area contributed by atoms with E-state index in [1.807, 2.05) is 43.3 Å². The van der Waals surface area contributed by atoms with Gasteiger partial charge < -0.3 is 20.5 Å². The van der Waals surface area contributed by atoms with Crippen LogP contribution < -0.4 is 20.7 Å². The van der Waals surface area contributed by atoms with Crippen LogP contribution in [0.1, 0.15) is 33.6 Å². The molecule has 2 aliphatic rings. The Morgan fingerprint density at radius 1 is 1.10 bits per heavy atom. The van der Waals surface area contributed by atoms with Crippen molar-refractivity contribution in [2.75, 3.05) is 30.5 Å². The maximum Gasteiger partial charge on any atom is 0.326 e. The largest absolute Gasteiger partial charge is 0.488 e. The molecule has 2 heterocycles. The first-order valence-corrected chi connectivity index (χ1v) is 13.4. The number of primary amides is 1. The minimum atomic E-state index is -0.582. The Morgan fingerprint density at radius 2 is 1.90 bits per heavy atom. The normalized spacial score (nSPS) is 15.2. The predicted octanol–water partition coefficient (Wildman–Crippen LogP) is 5.70. The summed E-state index contributed by atoms with van der Waals surface area (Å²) in [6, 6.07) is 17.0. The second kappa shape index (κ2) is 10.7. The first-order valence-electron chi connectivity index (χ1n) is 13.4. The third kappa shape index (κ3) is 5.00. The van der Waals surface area contributed by atoms with Gasteiger partial charge in [0.15, 0.2) is 0 Å². The molecule has 1 aliphatic carbocycles. The first-order chi connectivity index (χ1) is 19.8. The second-order valence-corrected chi connectivity index (χ2v) is 10.3. The number of nitrogens with zero attached hydrogens (tertiary/aromatic N) is 2. The molecule has 1 atom stereocenters. The minimum Gasteiger partial charge on any atom is -0.488 e. The molecular weight excluding hydrogens is 523 g/mol. The van der Waals surface area contributed by atoms with E-state index in [2.05, 4.69) is 10.3 Å². The van der Waals surface area contributed by atoms with E-state index in [-0.39, 0.29) is 23.6 Å². The average molecular weight is 553 g/mol. The van der Waals surface area contributed by atoms with Gasteiger partial charge in [-0.25, -0.2) is 9.18 Å². The summed E-state index contributed by atoms with van der Waals surface area (Å²) in [5, 5.41) is 2.96. The molecule has 3 aromatic carbocycles. The van der Waals surface area contributed by atoms with Gasteiger partial charge in [-0.05, 0) is 82.8 Å². The Morgan fingerprint density at radius 3 is 2.63 bits per heavy atom. The summed E-state index contributed by atoms with van der Waals surface area (Å²) < 4.78 is 24.9. The van der Waals surface area contributed by atoms with Gasteiger partial charge in [0.25, 0.3) is 5.91 Å². The number of carbonyl (C=O) groups is 2. The number of urea groups is 1. The van der Waals surface area contributed by atoms with Crippen molar-refractivity contribution in [1.82, 2.24) is 4.98 Å². The summed E-state index contributed by atoms with van der Waals surface area (Å²) in [5.74, 6) is -0.196. The van der Waals surface area contributed by atoms with Gasteiger partial charge in [-0.15, -0.1) is 0 Å². The fourth-order valence-corrected chi connectivity index (χ4v) is 5.51. The number of anilines is 2. The van der Waals surface area contributed by atoms with Crippen molar-refractivity contribution in [2.24, 2.45) is 5.73 Å². The minimum absolute atomic E-state index is 0.0259. The average Bonchev–Trinajstić information content (AvgIpc) is 3.61. The highest BCUT2D eigenvalue weighted by molar-refractivity contribution is 6.03. The summed E-state index contributed by atoms with van der Waals surface area (Å²) in [6.45, 7) is 3.19. The lowest BCUT2D eigenvalue weighted by Gasteiger charge is -2.20. The molecule has 3 amide bonds. The van der Waals surface area contributed by atoms with Gasteiger partial charge in [-0.2, -0.15) is 0 Å². The van der Waals surface area contributed by atoms with E-state index in [1.165, 1.54) is 17.0 Å². The van der Waals surface area contributed by atoms with Crippen molar-refractivity contribution >= 4 is 23.3 Å². The van der Waals surface area contributed by atoms with Crippen LogP contribution in [0.4, 0.5) is 20.6 Å². The first kappa shape index (κ1) is 26.5. The van der Waals surface area contributed by atoms with Crippen molar-refractivity contribution in [3.8, 4) is 28.0 Å². The Kier molecular flexibility index (Phi) is 6.88. The monoisotopic (exact) mass is 552 g/mol. The van der Waals surface area contributed by atoms with Crippen LogP contribution >= 0.6 is 0 Å².